The zero-order chi connectivity index (χ0) is 20.1. The molecule has 8 nitrogen and oxygen atoms in total. The van der Waals surface area contributed by atoms with E-state index >= 15 is 0 Å². The Kier molecular flexibility index (Phi) is 4.88. The third-order valence-corrected chi connectivity index (χ3v) is 7.75. The molecule has 150 valence electrons. The summed E-state index contributed by atoms with van der Waals surface area (Å²) in [6, 6.07) is 1.49. The van der Waals surface area contributed by atoms with Crippen molar-refractivity contribution < 1.29 is 8.42 Å². The molecule has 0 unspecified atom stereocenters. The van der Waals surface area contributed by atoms with Crippen LogP contribution in [0.15, 0.2) is 22.4 Å². The van der Waals surface area contributed by atoms with E-state index in [2.05, 4.69) is 15.0 Å². The van der Waals surface area contributed by atoms with Crippen LogP contribution >= 0.6 is 11.3 Å². The lowest BCUT2D eigenvalue weighted by Crippen LogP contribution is -2.21. The molecular formula is C18H23N5O3S2. The van der Waals surface area contributed by atoms with Crippen LogP contribution in [0.3, 0.4) is 0 Å². The number of hydrogen-bond donors (Lipinski definition) is 0. The van der Waals surface area contributed by atoms with Gasteiger partial charge in [0, 0.05) is 42.0 Å². The topological polar surface area (TPSA) is 89.6 Å². The highest BCUT2D eigenvalue weighted by molar-refractivity contribution is 7.91. The average Bonchev–Trinajstić information content (AvgIpc) is 3.29. The van der Waals surface area contributed by atoms with Gasteiger partial charge in [0.1, 0.15) is 0 Å². The largest absolute Gasteiger partial charge is 0.296 e. The number of nitrogens with zero attached hydrogens (tertiary/aromatic N) is 5. The predicted molar refractivity (Wildman–Crippen MR) is 109 cm³/mol. The van der Waals surface area contributed by atoms with Crippen molar-refractivity contribution in [3.05, 3.63) is 50.6 Å². The van der Waals surface area contributed by atoms with Gasteiger partial charge in [-0.05, 0) is 27.3 Å². The zero-order valence-electron chi connectivity index (χ0n) is 16.1. The van der Waals surface area contributed by atoms with E-state index in [9.17, 15) is 13.2 Å². The first-order chi connectivity index (χ1) is 13.2. The summed E-state index contributed by atoms with van der Waals surface area (Å²) in [5, 5.41) is 6.47. The summed E-state index contributed by atoms with van der Waals surface area (Å²) in [6.07, 6.45) is 2.35. The molecule has 4 rings (SSSR count). The van der Waals surface area contributed by atoms with Crippen molar-refractivity contribution in [2.45, 2.75) is 39.4 Å². The molecule has 0 aliphatic carbocycles. The minimum atomic E-state index is -2.96. The Balaban J connectivity index is 1.52. The number of sulfone groups is 1. The first kappa shape index (κ1) is 19.3. The molecule has 1 saturated heterocycles. The maximum Gasteiger partial charge on any atom is 0.258 e. The van der Waals surface area contributed by atoms with Gasteiger partial charge in [-0.25, -0.2) is 13.4 Å². The van der Waals surface area contributed by atoms with Crippen LogP contribution in [0.5, 0.6) is 0 Å². The number of fused-ring (bicyclic) bond motifs is 1. The molecule has 0 saturated carbocycles. The molecule has 1 atom stereocenters. The first-order valence-corrected chi connectivity index (χ1v) is 11.8. The molecule has 0 spiro atoms. The van der Waals surface area contributed by atoms with Gasteiger partial charge in [0.2, 0.25) is 0 Å². The molecule has 4 heterocycles. The Morgan fingerprint density at radius 2 is 2.11 bits per heavy atom. The normalized spacial score (nSPS) is 19.1. The molecular weight excluding hydrogens is 398 g/mol. The molecule has 0 amide bonds. The lowest BCUT2D eigenvalue weighted by molar-refractivity contribution is 0.313. The second-order valence-electron chi connectivity index (χ2n) is 7.46. The van der Waals surface area contributed by atoms with Crippen LogP contribution < -0.4 is 5.56 Å². The summed E-state index contributed by atoms with van der Waals surface area (Å²) in [5.41, 5.74) is 3.68. The fourth-order valence-electron chi connectivity index (χ4n) is 3.82. The van der Waals surface area contributed by atoms with Crippen molar-refractivity contribution in [1.82, 2.24) is 24.1 Å². The summed E-state index contributed by atoms with van der Waals surface area (Å²) in [4.78, 5) is 19.5. The average molecular weight is 422 g/mol. The second kappa shape index (κ2) is 7.09. The standard InChI is InChI=1S/C18H23N5O3S2/c1-12-16(13(2)23(20-12)15-4-7-28(25,26)11-15)10-21(3)9-14-8-17(24)22-5-6-27-18(22)19-14/h5-6,8,15H,4,7,9-11H2,1-3H3/t15-/m1/s1. The lowest BCUT2D eigenvalue weighted by atomic mass is 10.1. The van der Waals surface area contributed by atoms with Crippen molar-refractivity contribution in [3.63, 3.8) is 0 Å². The van der Waals surface area contributed by atoms with Gasteiger partial charge in [-0.3, -0.25) is 18.8 Å². The molecule has 3 aromatic rings. The van der Waals surface area contributed by atoms with Crippen LogP contribution in [0, 0.1) is 13.8 Å². The van der Waals surface area contributed by atoms with Gasteiger partial charge in [-0.2, -0.15) is 5.10 Å². The van der Waals surface area contributed by atoms with Crippen LogP contribution in [-0.4, -0.2) is 51.0 Å². The quantitative estimate of drug-likeness (QED) is 0.621. The van der Waals surface area contributed by atoms with E-state index in [4.69, 9.17) is 0 Å². The highest BCUT2D eigenvalue weighted by atomic mass is 32.2. The molecule has 28 heavy (non-hydrogen) atoms. The van der Waals surface area contributed by atoms with Gasteiger partial charge in [0.25, 0.3) is 5.56 Å². The van der Waals surface area contributed by atoms with E-state index in [1.807, 2.05) is 31.0 Å². The summed E-state index contributed by atoms with van der Waals surface area (Å²) in [6.45, 7) is 5.16. The molecule has 1 aliphatic heterocycles. The molecule has 0 aromatic carbocycles. The lowest BCUT2D eigenvalue weighted by Gasteiger charge is -2.17. The summed E-state index contributed by atoms with van der Waals surface area (Å²) in [7, 11) is -0.975. The van der Waals surface area contributed by atoms with Gasteiger partial charge < -0.3 is 0 Å². The Hall–Kier alpha value is -2.04. The van der Waals surface area contributed by atoms with Crippen molar-refractivity contribution in [3.8, 4) is 0 Å². The summed E-state index contributed by atoms with van der Waals surface area (Å²) in [5.74, 6) is 0.399. The highest BCUT2D eigenvalue weighted by Crippen LogP contribution is 2.27. The number of hydrogen-bond acceptors (Lipinski definition) is 7. The summed E-state index contributed by atoms with van der Waals surface area (Å²) < 4.78 is 27.1. The van der Waals surface area contributed by atoms with Crippen LogP contribution in [0.1, 0.15) is 35.1 Å². The van der Waals surface area contributed by atoms with E-state index in [0.717, 1.165) is 22.6 Å². The molecule has 10 heteroatoms. The third kappa shape index (κ3) is 3.63. The predicted octanol–water partition coefficient (Wildman–Crippen LogP) is 1.56. The minimum absolute atomic E-state index is 0.0720. The van der Waals surface area contributed by atoms with Crippen molar-refractivity contribution in [2.75, 3.05) is 18.6 Å². The molecule has 0 radical (unpaired) electrons. The number of thiazole rings is 1. The maximum atomic E-state index is 12.2. The van der Waals surface area contributed by atoms with Gasteiger partial charge in [0.05, 0.1) is 28.9 Å². The number of aryl methyl sites for hydroxylation is 1. The van der Waals surface area contributed by atoms with Crippen LogP contribution in [0.2, 0.25) is 0 Å². The number of aromatic nitrogens is 4. The van der Waals surface area contributed by atoms with E-state index < -0.39 is 9.84 Å². The van der Waals surface area contributed by atoms with Gasteiger partial charge in [-0.1, -0.05) is 0 Å². The summed E-state index contributed by atoms with van der Waals surface area (Å²) >= 11 is 1.44. The Morgan fingerprint density at radius 3 is 2.82 bits per heavy atom. The first-order valence-electron chi connectivity index (χ1n) is 9.13. The van der Waals surface area contributed by atoms with E-state index in [1.165, 1.54) is 11.3 Å². The molecule has 0 N–H and O–H groups in total. The van der Waals surface area contributed by atoms with E-state index in [0.29, 0.717) is 24.5 Å². The van der Waals surface area contributed by atoms with Crippen LogP contribution in [0.25, 0.3) is 4.96 Å². The molecule has 0 bridgehead atoms. The monoisotopic (exact) mass is 421 g/mol. The molecule has 3 aromatic heterocycles. The van der Waals surface area contributed by atoms with Crippen LogP contribution in [-0.2, 0) is 22.9 Å². The molecule has 1 aliphatic rings. The van der Waals surface area contributed by atoms with Crippen molar-refractivity contribution in [1.29, 1.82) is 0 Å². The fraction of sp³-hybridized carbons (Fsp3) is 0.500. The SMILES string of the molecule is Cc1nn([C@@H]2CCS(=O)(=O)C2)c(C)c1CN(C)Cc1cc(=O)n2ccsc2n1. The smallest absolute Gasteiger partial charge is 0.258 e. The Bertz CT molecular complexity index is 1190. The highest BCUT2D eigenvalue weighted by Gasteiger charge is 2.31. The Morgan fingerprint density at radius 1 is 1.32 bits per heavy atom. The van der Waals surface area contributed by atoms with Gasteiger partial charge in [0.15, 0.2) is 14.8 Å². The van der Waals surface area contributed by atoms with Crippen molar-refractivity contribution >= 4 is 26.1 Å². The van der Waals surface area contributed by atoms with Gasteiger partial charge >= 0.3 is 0 Å². The van der Waals surface area contributed by atoms with E-state index in [-0.39, 0.29) is 23.1 Å². The van der Waals surface area contributed by atoms with Gasteiger partial charge in [-0.15, -0.1) is 11.3 Å². The maximum absolute atomic E-state index is 12.2. The zero-order valence-corrected chi connectivity index (χ0v) is 17.8. The number of rotatable bonds is 5. The third-order valence-electron chi connectivity index (χ3n) is 5.25. The second-order valence-corrected chi connectivity index (χ2v) is 10.6. The van der Waals surface area contributed by atoms with Crippen LogP contribution in [0.4, 0.5) is 0 Å². The minimum Gasteiger partial charge on any atom is -0.296 e. The molecule has 1 fully saturated rings. The fourth-order valence-corrected chi connectivity index (χ4v) is 6.25. The Labute approximate surface area is 167 Å². The van der Waals surface area contributed by atoms with Crippen molar-refractivity contribution in [2.24, 2.45) is 0 Å². The van der Waals surface area contributed by atoms with E-state index in [1.54, 1.807) is 16.7 Å².